The predicted octanol–water partition coefficient (Wildman–Crippen LogP) is 2.17. The molecule has 0 unspecified atom stereocenters. The summed E-state index contributed by atoms with van der Waals surface area (Å²) in [7, 11) is -3.23. The maximum absolute atomic E-state index is 11.4. The lowest BCUT2D eigenvalue weighted by atomic mass is 10.3. The molecule has 0 aliphatic carbocycles. The minimum absolute atomic E-state index is 0.224. The second-order valence-electron chi connectivity index (χ2n) is 5.19. The van der Waals surface area contributed by atoms with E-state index in [2.05, 4.69) is 20.3 Å². The molecule has 0 aliphatic rings. The van der Waals surface area contributed by atoms with Crippen molar-refractivity contribution in [3.8, 4) is 11.5 Å². The first kappa shape index (κ1) is 15.9. The van der Waals surface area contributed by atoms with E-state index >= 15 is 0 Å². The number of aryl methyl sites for hydroxylation is 1. The zero-order valence-corrected chi connectivity index (χ0v) is 13.8. The van der Waals surface area contributed by atoms with Crippen LogP contribution in [0.4, 0.5) is 17.5 Å². The summed E-state index contributed by atoms with van der Waals surface area (Å²) < 4.78 is 28.3. The van der Waals surface area contributed by atoms with E-state index < -0.39 is 9.84 Å². The van der Waals surface area contributed by atoms with Gasteiger partial charge in [-0.1, -0.05) is 0 Å². The zero-order valence-electron chi connectivity index (χ0n) is 13.0. The van der Waals surface area contributed by atoms with Gasteiger partial charge in [0.25, 0.3) is 0 Å². The molecule has 0 amide bonds. The summed E-state index contributed by atoms with van der Waals surface area (Å²) in [5.74, 6) is 1.53. The molecular weight excluding hydrogens is 330 g/mol. The Kier molecular flexibility index (Phi) is 3.94. The summed E-state index contributed by atoms with van der Waals surface area (Å²) in [5, 5.41) is 2.96. The van der Waals surface area contributed by atoms with Gasteiger partial charge in [0.1, 0.15) is 11.6 Å². The average molecular weight is 345 g/mol. The molecule has 3 aromatic rings. The number of anilines is 3. The molecule has 0 saturated heterocycles. The van der Waals surface area contributed by atoms with Crippen LogP contribution in [-0.4, -0.2) is 29.6 Å². The SMILES string of the molecule is Cc1cnc(-c2cnc(Nc3ccc(S(C)(=O)=O)cc3)nc2N)o1. The van der Waals surface area contributed by atoms with E-state index in [1.165, 1.54) is 18.3 Å². The second kappa shape index (κ2) is 5.93. The minimum Gasteiger partial charge on any atom is -0.441 e. The topological polar surface area (TPSA) is 124 Å². The molecule has 0 spiro atoms. The van der Waals surface area contributed by atoms with Crippen LogP contribution in [-0.2, 0) is 9.84 Å². The van der Waals surface area contributed by atoms with E-state index in [9.17, 15) is 8.42 Å². The fourth-order valence-corrected chi connectivity index (χ4v) is 2.64. The quantitative estimate of drug-likeness (QED) is 0.737. The molecule has 0 aliphatic heterocycles. The number of sulfone groups is 1. The van der Waals surface area contributed by atoms with Crippen LogP contribution >= 0.6 is 0 Å². The van der Waals surface area contributed by atoms with E-state index in [-0.39, 0.29) is 16.7 Å². The fourth-order valence-electron chi connectivity index (χ4n) is 2.01. The van der Waals surface area contributed by atoms with Gasteiger partial charge in [0.2, 0.25) is 11.8 Å². The van der Waals surface area contributed by atoms with Crippen LogP contribution in [0, 0.1) is 6.92 Å². The van der Waals surface area contributed by atoms with Crippen molar-refractivity contribution in [1.29, 1.82) is 0 Å². The largest absolute Gasteiger partial charge is 0.441 e. The van der Waals surface area contributed by atoms with Crippen LogP contribution in [0.15, 0.2) is 46.0 Å². The molecule has 2 heterocycles. The highest BCUT2D eigenvalue weighted by atomic mass is 32.2. The summed E-state index contributed by atoms with van der Waals surface area (Å²) in [5.41, 5.74) is 7.07. The molecule has 3 rings (SSSR count). The maximum atomic E-state index is 11.4. The molecule has 2 aromatic heterocycles. The van der Waals surface area contributed by atoms with Crippen LogP contribution < -0.4 is 11.1 Å². The van der Waals surface area contributed by atoms with Gasteiger partial charge in [-0.3, -0.25) is 0 Å². The van der Waals surface area contributed by atoms with Gasteiger partial charge in [-0.15, -0.1) is 0 Å². The highest BCUT2D eigenvalue weighted by Crippen LogP contribution is 2.25. The molecule has 0 atom stereocenters. The lowest BCUT2D eigenvalue weighted by Crippen LogP contribution is -2.02. The smallest absolute Gasteiger partial charge is 0.231 e. The minimum atomic E-state index is -3.23. The van der Waals surface area contributed by atoms with Crippen molar-refractivity contribution < 1.29 is 12.8 Å². The number of hydrogen-bond donors (Lipinski definition) is 2. The highest BCUT2D eigenvalue weighted by molar-refractivity contribution is 7.90. The van der Waals surface area contributed by atoms with Crippen LogP contribution in [0.3, 0.4) is 0 Å². The highest BCUT2D eigenvalue weighted by Gasteiger charge is 2.12. The first-order chi connectivity index (χ1) is 11.3. The van der Waals surface area contributed by atoms with Crippen molar-refractivity contribution in [2.24, 2.45) is 0 Å². The van der Waals surface area contributed by atoms with Gasteiger partial charge in [0, 0.05) is 18.1 Å². The van der Waals surface area contributed by atoms with Gasteiger partial charge < -0.3 is 15.5 Å². The Balaban J connectivity index is 1.82. The molecule has 9 heteroatoms. The van der Waals surface area contributed by atoms with Crippen molar-refractivity contribution in [2.75, 3.05) is 17.3 Å². The fraction of sp³-hybridized carbons (Fsp3) is 0.133. The number of rotatable bonds is 4. The maximum Gasteiger partial charge on any atom is 0.231 e. The number of nitrogens with two attached hydrogens (primary N) is 1. The summed E-state index contributed by atoms with van der Waals surface area (Å²) in [6, 6.07) is 6.26. The molecular formula is C15H15N5O3S. The zero-order chi connectivity index (χ0) is 17.3. The lowest BCUT2D eigenvalue weighted by molar-refractivity contribution is 0.542. The van der Waals surface area contributed by atoms with Crippen molar-refractivity contribution >= 4 is 27.3 Å². The molecule has 24 heavy (non-hydrogen) atoms. The van der Waals surface area contributed by atoms with Crippen molar-refractivity contribution in [3.05, 3.63) is 42.4 Å². The molecule has 0 bridgehead atoms. The third-order valence-corrected chi connectivity index (χ3v) is 4.34. The predicted molar refractivity (Wildman–Crippen MR) is 89.5 cm³/mol. The van der Waals surface area contributed by atoms with Crippen molar-refractivity contribution in [3.63, 3.8) is 0 Å². The van der Waals surface area contributed by atoms with Gasteiger partial charge in [-0.05, 0) is 31.2 Å². The second-order valence-corrected chi connectivity index (χ2v) is 7.21. The Morgan fingerprint density at radius 3 is 2.38 bits per heavy atom. The molecule has 8 nitrogen and oxygen atoms in total. The van der Waals surface area contributed by atoms with E-state index in [0.717, 1.165) is 6.26 Å². The van der Waals surface area contributed by atoms with Crippen molar-refractivity contribution in [1.82, 2.24) is 15.0 Å². The summed E-state index contributed by atoms with van der Waals surface area (Å²) in [4.78, 5) is 12.7. The monoisotopic (exact) mass is 345 g/mol. The van der Waals surface area contributed by atoms with Crippen molar-refractivity contribution in [2.45, 2.75) is 11.8 Å². The first-order valence-corrected chi connectivity index (χ1v) is 8.84. The Hall–Kier alpha value is -2.94. The van der Waals surface area contributed by atoms with E-state index in [4.69, 9.17) is 10.2 Å². The Morgan fingerprint density at radius 2 is 1.83 bits per heavy atom. The third-order valence-electron chi connectivity index (χ3n) is 3.21. The molecule has 0 saturated carbocycles. The molecule has 124 valence electrons. The molecule has 0 fully saturated rings. The summed E-state index contributed by atoms with van der Waals surface area (Å²) in [6.45, 7) is 1.78. The average Bonchev–Trinajstić information content (AvgIpc) is 2.93. The summed E-state index contributed by atoms with van der Waals surface area (Å²) >= 11 is 0. The molecule has 3 N–H and O–H groups in total. The van der Waals surface area contributed by atoms with Gasteiger partial charge in [-0.2, -0.15) is 4.98 Å². The third kappa shape index (κ3) is 3.35. The van der Waals surface area contributed by atoms with Crippen LogP contribution in [0.5, 0.6) is 0 Å². The first-order valence-electron chi connectivity index (χ1n) is 6.95. The lowest BCUT2D eigenvalue weighted by Gasteiger charge is -2.07. The number of nitrogens with zero attached hydrogens (tertiary/aromatic N) is 3. The van der Waals surface area contributed by atoms with Crippen LogP contribution in [0.25, 0.3) is 11.5 Å². The Bertz CT molecular complexity index is 981. The van der Waals surface area contributed by atoms with Gasteiger partial charge >= 0.3 is 0 Å². The summed E-state index contributed by atoms with van der Waals surface area (Å²) in [6.07, 6.45) is 4.26. The number of oxazole rings is 1. The van der Waals surface area contributed by atoms with Gasteiger partial charge in [0.15, 0.2) is 9.84 Å². The number of benzene rings is 1. The van der Waals surface area contributed by atoms with E-state index in [0.29, 0.717) is 22.9 Å². The Morgan fingerprint density at radius 1 is 1.12 bits per heavy atom. The van der Waals surface area contributed by atoms with Crippen LogP contribution in [0.1, 0.15) is 5.76 Å². The Labute approximate surface area is 138 Å². The van der Waals surface area contributed by atoms with Crippen LogP contribution in [0.2, 0.25) is 0 Å². The van der Waals surface area contributed by atoms with E-state index in [1.807, 2.05) is 0 Å². The molecule has 0 radical (unpaired) electrons. The van der Waals surface area contributed by atoms with E-state index in [1.54, 1.807) is 25.3 Å². The number of aromatic nitrogens is 3. The molecule has 1 aromatic carbocycles. The van der Waals surface area contributed by atoms with Gasteiger partial charge in [0.05, 0.1) is 16.7 Å². The normalized spacial score (nSPS) is 11.4. The number of nitrogen functional groups attached to an aromatic ring is 1. The number of nitrogens with one attached hydrogen (secondary N) is 1. The standard InChI is InChI=1S/C15H15N5O3S/c1-9-7-17-14(23-9)12-8-18-15(20-13(12)16)19-10-3-5-11(6-4-10)24(2,21)22/h3-8H,1-2H3,(H3,16,18,19,20). The van der Waals surface area contributed by atoms with Gasteiger partial charge in [-0.25, -0.2) is 18.4 Å². The number of hydrogen-bond acceptors (Lipinski definition) is 8.